The summed E-state index contributed by atoms with van der Waals surface area (Å²) in [6, 6.07) is 13.5. The van der Waals surface area contributed by atoms with Gasteiger partial charge in [0.15, 0.2) is 0 Å². The van der Waals surface area contributed by atoms with Gasteiger partial charge in [0, 0.05) is 6.54 Å². The van der Waals surface area contributed by atoms with Crippen LogP contribution in [0.4, 0.5) is 0 Å². The molecule has 0 amide bonds. The van der Waals surface area contributed by atoms with E-state index in [0.717, 1.165) is 16.9 Å². The molecular weight excluding hydrogens is 236 g/mol. The number of nitrogens with zero attached hydrogens (tertiary/aromatic N) is 1. The van der Waals surface area contributed by atoms with Crippen LogP contribution >= 0.6 is 0 Å². The van der Waals surface area contributed by atoms with E-state index in [1.807, 2.05) is 32.0 Å². The van der Waals surface area contributed by atoms with Crippen LogP contribution in [0.3, 0.4) is 0 Å². The highest BCUT2D eigenvalue weighted by Gasteiger charge is 2.07. The third kappa shape index (κ3) is 2.93. The Morgan fingerprint density at radius 3 is 2.47 bits per heavy atom. The van der Waals surface area contributed by atoms with Gasteiger partial charge in [-0.2, -0.15) is 5.26 Å². The molecule has 2 aromatic rings. The Kier molecular flexibility index (Phi) is 3.84. The average Bonchev–Trinajstić information content (AvgIpc) is 2.42. The van der Waals surface area contributed by atoms with Gasteiger partial charge in [0.1, 0.15) is 17.6 Å². The number of benzene rings is 2. The Hall–Kier alpha value is -2.31. The zero-order valence-electron chi connectivity index (χ0n) is 11.1. The molecule has 0 fully saturated rings. The van der Waals surface area contributed by atoms with Crippen LogP contribution in [0, 0.1) is 25.2 Å². The highest BCUT2D eigenvalue weighted by atomic mass is 16.5. The summed E-state index contributed by atoms with van der Waals surface area (Å²) in [6.45, 7) is 4.44. The van der Waals surface area contributed by atoms with Crippen molar-refractivity contribution in [2.24, 2.45) is 5.73 Å². The van der Waals surface area contributed by atoms with E-state index in [-0.39, 0.29) is 0 Å². The molecule has 0 radical (unpaired) electrons. The standard InChI is InChI=1S/C16H16N2O/c1-11-3-5-15(12(2)7-11)19-16-6-4-13(9-17)8-14(16)10-18/h3-8H,9,17H2,1-2H3. The fourth-order valence-electron chi connectivity index (χ4n) is 1.91. The summed E-state index contributed by atoms with van der Waals surface area (Å²) in [4.78, 5) is 0. The number of hydrogen-bond acceptors (Lipinski definition) is 3. The van der Waals surface area contributed by atoms with E-state index in [1.165, 1.54) is 5.56 Å². The van der Waals surface area contributed by atoms with E-state index >= 15 is 0 Å². The minimum absolute atomic E-state index is 0.415. The van der Waals surface area contributed by atoms with Crippen LogP contribution in [0.25, 0.3) is 0 Å². The summed E-state index contributed by atoms with van der Waals surface area (Å²) in [5, 5.41) is 9.16. The molecule has 0 heterocycles. The van der Waals surface area contributed by atoms with Gasteiger partial charge in [-0.3, -0.25) is 0 Å². The first-order valence-corrected chi connectivity index (χ1v) is 6.12. The second-order valence-electron chi connectivity index (χ2n) is 4.52. The molecule has 3 heteroatoms. The summed E-state index contributed by atoms with van der Waals surface area (Å²) in [7, 11) is 0. The summed E-state index contributed by atoms with van der Waals surface area (Å²) in [5.41, 5.74) is 9.22. The highest BCUT2D eigenvalue weighted by molar-refractivity contribution is 5.48. The maximum atomic E-state index is 9.16. The van der Waals surface area contributed by atoms with Crippen LogP contribution in [0.15, 0.2) is 36.4 Å². The molecule has 0 saturated carbocycles. The Labute approximate surface area is 113 Å². The van der Waals surface area contributed by atoms with Gasteiger partial charge >= 0.3 is 0 Å². The van der Waals surface area contributed by atoms with Crippen molar-refractivity contribution in [3.8, 4) is 17.6 Å². The smallest absolute Gasteiger partial charge is 0.145 e. The largest absolute Gasteiger partial charge is 0.456 e. The first-order valence-electron chi connectivity index (χ1n) is 6.12. The van der Waals surface area contributed by atoms with Crippen LogP contribution in [0.2, 0.25) is 0 Å². The van der Waals surface area contributed by atoms with Gasteiger partial charge in [-0.25, -0.2) is 0 Å². The highest BCUT2D eigenvalue weighted by Crippen LogP contribution is 2.28. The van der Waals surface area contributed by atoms with Gasteiger partial charge in [0.25, 0.3) is 0 Å². The lowest BCUT2D eigenvalue weighted by Gasteiger charge is -2.11. The van der Waals surface area contributed by atoms with E-state index < -0.39 is 0 Å². The third-order valence-electron chi connectivity index (χ3n) is 2.95. The first-order chi connectivity index (χ1) is 9.13. The molecule has 0 spiro atoms. The minimum Gasteiger partial charge on any atom is -0.456 e. The van der Waals surface area contributed by atoms with E-state index in [0.29, 0.717) is 17.9 Å². The number of ether oxygens (including phenoxy) is 1. The quantitative estimate of drug-likeness (QED) is 0.910. The number of rotatable bonds is 3. The Bertz CT molecular complexity index is 642. The number of aryl methyl sites for hydroxylation is 2. The first kappa shape index (κ1) is 13.1. The number of hydrogen-bond donors (Lipinski definition) is 1. The molecule has 3 nitrogen and oxygen atoms in total. The van der Waals surface area contributed by atoms with Crippen LogP contribution in [0.5, 0.6) is 11.5 Å². The molecule has 96 valence electrons. The molecule has 0 aliphatic carbocycles. The van der Waals surface area contributed by atoms with Crippen LogP contribution < -0.4 is 10.5 Å². The predicted molar refractivity (Wildman–Crippen MR) is 75.0 cm³/mol. The Morgan fingerprint density at radius 2 is 1.84 bits per heavy atom. The van der Waals surface area contributed by atoms with Gasteiger partial charge in [-0.05, 0) is 43.2 Å². The van der Waals surface area contributed by atoms with Gasteiger partial charge in [0.2, 0.25) is 0 Å². The van der Waals surface area contributed by atoms with Crippen molar-refractivity contribution in [1.29, 1.82) is 5.26 Å². The van der Waals surface area contributed by atoms with Gasteiger partial charge < -0.3 is 10.5 Å². The van der Waals surface area contributed by atoms with Crippen LogP contribution in [-0.4, -0.2) is 0 Å². The Balaban J connectivity index is 2.35. The molecule has 2 aromatic carbocycles. The normalized spacial score (nSPS) is 10.0. The summed E-state index contributed by atoms with van der Waals surface area (Å²) < 4.78 is 5.82. The predicted octanol–water partition coefficient (Wildman–Crippen LogP) is 3.43. The average molecular weight is 252 g/mol. The molecular formula is C16H16N2O. The van der Waals surface area contributed by atoms with Crippen molar-refractivity contribution >= 4 is 0 Å². The molecule has 0 aromatic heterocycles. The zero-order chi connectivity index (χ0) is 13.8. The van der Waals surface area contributed by atoms with Gasteiger partial charge in [-0.15, -0.1) is 0 Å². The fourth-order valence-corrected chi connectivity index (χ4v) is 1.91. The fraction of sp³-hybridized carbons (Fsp3) is 0.188. The monoisotopic (exact) mass is 252 g/mol. The second kappa shape index (κ2) is 5.55. The number of nitriles is 1. The number of nitrogens with two attached hydrogens (primary N) is 1. The molecule has 2 N–H and O–H groups in total. The van der Waals surface area contributed by atoms with Crippen molar-refractivity contribution in [3.05, 3.63) is 58.7 Å². The van der Waals surface area contributed by atoms with Crippen molar-refractivity contribution in [1.82, 2.24) is 0 Å². The minimum atomic E-state index is 0.415. The lowest BCUT2D eigenvalue weighted by atomic mass is 10.1. The van der Waals surface area contributed by atoms with E-state index in [1.54, 1.807) is 12.1 Å². The lowest BCUT2D eigenvalue weighted by molar-refractivity contribution is 0.477. The molecule has 0 atom stereocenters. The van der Waals surface area contributed by atoms with E-state index in [9.17, 15) is 0 Å². The van der Waals surface area contributed by atoms with Crippen LogP contribution in [-0.2, 0) is 6.54 Å². The second-order valence-corrected chi connectivity index (χ2v) is 4.52. The van der Waals surface area contributed by atoms with Crippen molar-refractivity contribution < 1.29 is 4.74 Å². The zero-order valence-corrected chi connectivity index (χ0v) is 11.1. The van der Waals surface area contributed by atoms with Crippen LogP contribution in [0.1, 0.15) is 22.3 Å². The molecule has 0 aliphatic rings. The van der Waals surface area contributed by atoms with E-state index in [4.69, 9.17) is 15.7 Å². The van der Waals surface area contributed by atoms with Crippen molar-refractivity contribution in [2.45, 2.75) is 20.4 Å². The maximum Gasteiger partial charge on any atom is 0.145 e. The third-order valence-corrected chi connectivity index (χ3v) is 2.95. The SMILES string of the molecule is Cc1ccc(Oc2ccc(CN)cc2C#N)c(C)c1. The van der Waals surface area contributed by atoms with E-state index in [2.05, 4.69) is 12.1 Å². The molecule has 0 unspecified atom stereocenters. The van der Waals surface area contributed by atoms with Gasteiger partial charge in [-0.1, -0.05) is 23.8 Å². The molecule has 2 rings (SSSR count). The van der Waals surface area contributed by atoms with Crippen molar-refractivity contribution in [2.75, 3.05) is 0 Å². The topological polar surface area (TPSA) is 59.0 Å². The van der Waals surface area contributed by atoms with Gasteiger partial charge in [0.05, 0.1) is 5.56 Å². The molecule has 0 bridgehead atoms. The summed E-state index contributed by atoms with van der Waals surface area (Å²) >= 11 is 0. The summed E-state index contributed by atoms with van der Waals surface area (Å²) in [6.07, 6.45) is 0. The van der Waals surface area contributed by atoms with Crippen molar-refractivity contribution in [3.63, 3.8) is 0 Å². The molecule has 19 heavy (non-hydrogen) atoms. The molecule has 0 aliphatic heterocycles. The maximum absolute atomic E-state index is 9.16. The Morgan fingerprint density at radius 1 is 1.11 bits per heavy atom. The lowest BCUT2D eigenvalue weighted by Crippen LogP contribution is -1.98. The molecule has 0 saturated heterocycles. The summed E-state index contributed by atoms with van der Waals surface area (Å²) in [5.74, 6) is 1.33.